The third-order valence-corrected chi connectivity index (χ3v) is 3.17. The van der Waals surface area contributed by atoms with E-state index in [-0.39, 0.29) is 17.4 Å². The number of cyclic esters (lactones) is 1. The summed E-state index contributed by atoms with van der Waals surface area (Å²) >= 11 is 0. The van der Waals surface area contributed by atoms with Gasteiger partial charge in [-0.1, -0.05) is 30.3 Å². The van der Waals surface area contributed by atoms with E-state index in [9.17, 15) is 14.9 Å². The summed E-state index contributed by atoms with van der Waals surface area (Å²) in [4.78, 5) is 21.4. The van der Waals surface area contributed by atoms with E-state index in [4.69, 9.17) is 4.74 Å². The van der Waals surface area contributed by atoms with Crippen LogP contribution < -0.4 is 0 Å². The summed E-state index contributed by atoms with van der Waals surface area (Å²) in [7, 11) is 0. The molecule has 0 aliphatic carbocycles. The van der Waals surface area contributed by atoms with Crippen molar-refractivity contribution >= 4 is 5.97 Å². The van der Waals surface area contributed by atoms with Crippen molar-refractivity contribution in [1.82, 2.24) is 0 Å². The van der Waals surface area contributed by atoms with Crippen LogP contribution in [0.1, 0.15) is 12.0 Å². The average molecular weight is 261 g/mol. The molecule has 0 N–H and O–H groups in total. The summed E-state index contributed by atoms with van der Waals surface area (Å²) in [5.74, 6) is -0.698. The minimum atomic E-state index is -0.471. The van der Waals surface area contributed by atoms with Gasteiger partial charge in [0.05, 0.1) is 5.92 Å². The maximum atomic E-state index is 11.0. The lowest BCUT2D eigenvalue weighted by atomic mass is 9.94. The molecule has 0 saturated carbocycles. The number of nitro groups is 1. The van der Waals surface area contributed by atoms with E-state index in [1.54, 1.807) is 6.08 Å². The van der Waals surface area contributed by atoms with Gasteiger partial charge in [0.15, 0.2) is 0 Å². The van der Waals surface area contributed by atoms with Gasteiger partial charge in [0.2, 0.25) is 6.54 Å². The van der Waals surface area contributed by atoms with E-state index in [1.165, 1.54) is 6.08 Å². The van der Waals surface area contributed by atoms with Gasteiger partial charge in [-0.05, 0) is 24.5 Å². The fourth-order valence-electron chi connectivity index (χ4n) is 2.19. The average Bonchev–Trinajstić information content (AvgIpc) is 2.82. The van der Waals surface area contributed by atoms with Gasteiger partial charge in [0.1, 0.15) is 6.10 Å². The predicted molar refractivity (Wildman–Crippen MR) is 69.1 cm³/mol. The lowest BCUT2D eigenvalue weighted by Gasteiger charge is -2.18. The van der Waals surface area contributed by atoms with Crippen LogP contribution in [0.5, 0.6) is 0 Å². The number of carbonyl (C=O) groups is 1. The van der Waals surface area contributed by atoms with Gasteiger partial charge in [0, 0.05) is 11.0 Å². The van der Waals surface area contributed by atoms with Crippen molar-refractivity contribution in [3.8, 4) is 0 Å². The summed E-state index contributed by atoms with van der Waals surface area (Å²) in [6.07, 6.45) is 3.83. The molecule has 0 spiro atoms. The van der Waals surface area contributed by atoms with Gasteiger partial charge in [-0.3, -0.25) is 10.1 Å². The number of rotatable bonds is 6. The number of nitrogens with zero attached hydrogens (tertiary/aromatic N) is 1. The Kier molecular flexibility index (Phi) is 4.28. The molecule has 0 aromatic heterocycles. The van der Waals surface area contributed by atoms with Crippen molar-refractivity contribution in [1.29, 1.82) is 0 Å². The fourth-order valence-corrected chi connectivity index (χ4v) is 2.19. The molecule has 0 fully saturated rings. The molecule has 5 heteroatoms. The Labute approximate surface area is 111 Å². The molecule has 1 heterocycles. The van der Waals surface area contributed by atoms with E-state index >= 15 is 0 Å². The highest BCUT2D eigenvalue weighted by molar-refractivity contribution is 5.84. The Morgan fingerprint density at radius 1 is 1.32 bits per heavy atom. The molecule has 2 atom stereocenters. The first-order valence-corrected chi connectivity index (χ1v) is 6.19. The summed E-state index contributed by atoms with van der Waals surface area (Å²) in [5, 5.41) is 10.7. The number of carbonyl (C=O) groups excluding carboxylic acids is 1. The third kappa shape index (κ3) is 3.91. The van der Waals surface area contributed by atoms with Crippen LogP contribution in [0.25, 0.3) is 0 Å². The Morgan fingerprint density at radius 2 is 2.05 bits per heavy atom. The Balaban J connectivity index is 1.96. The molecule has 5 nitrogen and oxygen atoms in total. The molecular weight excluding hydrogens is 246 g/mol. The fraction of sp³-hybridized carbons (Fsp3) is 0.357. The zero-order valence-corrected chi connectivity index (χ0v) is 10.4. The first kappa shape index (κ1) is 13.3. The molecule has 1 aliphatic heterocycles. The smallest absolute Gasteiger partial charge is 0.331 e. The zero-order valence-electron chi connectivity index (χ0n) is 10.4. The largest absolute Gasteiger partial charge is 0.454 e. The Bertz CT molecular complexity index is 483. The highest BCUT2D eigenvalue weighted by Gasteiger charge is 2.30. The molecule has 1 aromatic rings. The van der Waals surface area contributed by atoms with Crippen LogP contribution in [-0.2, 0) is 16.0 Å². The van der Waals surface area contributed by atoms with Gasteiger partial charge in [-0.25, -0.2) is 4.79 Å². The third-order valence-electron chi connectivity index (χ3n) is 3.17. The SMILES string of the molecule is O=C1C=C[C@H]([C@H](CCc2ccccc2)C[N+](=O)[O-])O1. The van der Waals surface area contributed by atoms with Crippen LogP contribution in [0, 0.1) is 16.0 Å². The van der Waals surface area contributed by atoms with Crippen molar-refractivity contribution < 1.29 is 14.5 Å². The molecule has 1 aromatic carbocycles. The molecule has 19 heavy (non-hydrogen) atoms. The molecule has 0 amide bonds. The van der Waals surface area contributed by atoms with Crippen LogP contribution in [0.2, 0.25) is 0 Å². The van der Waals surface area contributed by atoms with Crippen LogP contribution in [0.15, 0.2) is 42.5 Å². The first-order chi connectivity index (χ1) is 9.15. The predicted octanol–water partition coefficient (Wildman–Crippen LogP) is 1.99. The van der Waals surface area contributed by atoms with E-state index in [1.807, 2.05) is 30.3 Å². The number of esters is 1. The molecule has 0 unspecified atom stereocenters. The molecule has 0 bridgehead atoms. The van der Waals surface area contributed by atoms with Gasteiger partial charge in [0.25, 0.3) is 0 Å². The van der Waals surface area contributed by atoms with Crippen molar-refractivity contribution in [2.75, 3.05) is 6.54 Å². The van der Waals surface area contributed by atoms with Crippen molar-refractivity contribution in [2.45, 2.75) is 18.9 Å². The van der Waals surface area contributed by atoms with Crippen LogP contribution in [0.3, 0.4) is 0 Å². The van der Waals surface area contributed by atoms with Gasteiger partial charge >= 0.3 is 5.97 Å². The number of aryl methyl sites for hydroxylation is 1. The van der Waals surface area contributed by atoms with E-state index < -0.39 is 12.1 Å². The van der Waals surface area contributed by atoms with E-state index in [0.717, 1.165) is 12.0 Å². The molecular formula is C14H15NO4. The maximum absolute atomic E-state index is 11.0. The van der Waals surface area contributed by atoms with Crippen LogP contribution >= 0.6 is 0 Å². The second-order valence-electron chi connectivity index (χ2n) is 4.56. The Hall–Kier alpha value is -2.17. The minimum absolute atomic E-state index is 0.185. The van der Waals surface area contributed by atoms with Gasteiger partial charge in [-0.15, -0.1) is 0 Å². The second kappa shape index (κ2) is 6.13. The number of benzene rings is 1. The molecule has 0 radical (unpaired) electrons. The van der Waals surface area contributed by atoms with Crippen molar-refractivity contribution in [3.05, 3.63) is 58.2 Å². The zero-order chi connectivity index (χ0) is 13.7. The standard InChI is InChI=1S/C14H15NO4/c16-14-9-8-13(19-14)12(10-15(17)18)7-6-11-4-2-1-3-5-11/h1-5,8-9,12-13H,6-7,10H2/t12-,13-/m1/s1. The highest BCUT2D eigenvalue weighted by atomic mass is 16.6. The van der Waals surface area contributed by atoms with Gasteiger partial charge in [-0.2, -0.15) is 0 Å². The minimum Gasteiger partial charge on any atom is -0.454 e. The summed E-state index contributed by atoms with van der Waals surface area (Å²) in [6, 6.07) is 9.78. The summed E-state index contributed by atoms with van der Waals surface area (Å²) in [5.41, 5.74) is 1.13. The lowest BCUT2D eigenvalue weighted by Crippen LogP contribution is -2.27. The first-order valence-electron chi connectivity index (χ1n) is 6.19. The number of hydrogen-bond donors (Lipinski definition) is 0. The number of ether oxygens (including phenoxy) is 1. The molecule has 2 rings (SSSR count). The summed E-state index contributed by atoms with van der Waals surface area (Å²) in [6.45, 7) is -0.185. The topological polar surface area (TPSA) is 69.4 Å². The normalized spacial score (nSPS) is 19.2. The van der Waals surface area contributed by atoms with Gasteiger partial charge < -0.3 is 4.74 Å². The second-order valence-corrected chi connectivity index (χ2v) is 4.56. The van der Waals surface area contributed by atoms with Crippen molar-refractivity contribution in [2.24, 2.45) is 5.92 Å². The molecule has 100 valence electrons. The van der Waals surface area contributed by atoms with Crippen molar-refractivity contribution in [3.63, 3.8) is 0 Å². The number of hydrogen-bond acceptors (Lipinski definition) is 4. The van der Waals surface area contributed by atoms with Crippen LogP contribution in [-0.4, -0.2) is 23.5 Å². The van der Waals surface area contributed by atoms with Crippen LogP contribution in [0.4, 0.5) is 0 Å². The molecule has 0 saturated heterocycles. The lowest BCUT2D eigenvalue weighted by molar-refractivity contribution is -0.490. The van der Waals surface area contributed by atoms with E-state index in [0.29, 0.717) is 6.42 Å². The maximum Gasteiger partial charge on any atom is 0.331 e. The van der Waals surface area contributed by atoms with E-state index in [2.05, 4.69) is 0 Å². The molecule has 1 aliphatic rings. The monoisotopic (exact) mass is 261 g/mol. The highest BCUT2D eigenvalue weighted by Crippen LogP contribution is 2.21. The summed E-state index contributed by atoms with van der Waals surface area (Å²) < 4.78 is 5.06. The Morgan fingerprint density at radius 3 is 2.63 bits per heavy atom. The quantitative estimate of drug-likeness (QED) is 0.446.